The molecule has 1 aliphatic heterocycles. The molecule has 4 rings (SSSR count). The Morgan fingerprint density at radius 3 is 2.42 bits per heavy atom. The summed E-state index contributed by atoms with van der Waals surface area (Å²) in [5.74, 6) is 0. The molecule has 0 amide bonds. The summed E-state index contributed by atoms with van der Waals surface area (Å²) in [6.07, 6.45) is 0. The number of halogens is 1. The maximum absolute atomic E-state index is 6.19. The van der Waals surface area contributed by atoms with Crippen LogP contribution in [0.5, 0.6) is 0 Å². The SMILES string of the molecule is Cc1cc(Nc2ccc(N3CCN(C)CC3)cc2)c2cc(Cl)ccc2n1. The van der Waals surface area contributed by atoms with Gasteiger partial charge in [0.1, 0.15) is 0 Å². The molecule has 0 aliphatic carbocycles. The predicted octanol–water partition coefficient (Wildman–Crippen LogP) is 4.69. The van der Waals surface area contributed by atoms with Gasteiger partial charge in [0.2, 0.25) is 0 Å². The van der Waals surface area contributed by atoms with Crippen molar-refractivity contribution in [3.63, 3.8) is 0 Å². The number of nitrogens with one attached hydrogen (secondary N) is 1. The fraction of sp³-hybridized carbons (Fsp3) is 0.286. The molecular weight excluding hydrogens is 344 g/mol. The van der Waals surface area contributed by atoms with Crippen LogP contribution in [0.1, 0.15) is 5.69 Å². The standard InChI is InChI=1S/C21H23ClN4/c1-15-13-21(19-14-16(22)3-8-20(19)23-15)24-17-4-6-18(7-5-17)26-11-9-25(2)10-12-26/h3-8,13-14H,9-12H2,1-2H3,(H,23,24). The average Bonchev–Trinajstić information content (AvgIpc) is 2.64. The van der Waals surface area contributed by atoms with E-state index in [0.717, 1.165) is 59.2 Å². The van der Waals surface area contributed by atoms with Gasteiger partial charge >= 0.3 is 0 Å². The summed E-state index contributed by atoms with van der Waals surface area (Å²) in [4.78, 5) is 9.40. The summed E-state index contributed by atoms with van der Waals surface area (Å²) in [7, 11) is 2.18. The highest BCUT2D eigenvalue weighted by Crippen LogP contribution is 2.29. The molecule has 1 fully saturated rings. The van der Waals surface area contributed by atoms with Crippen molar-refractivity contribution in [3.8, 4) is 0 Å². The molecule has 0 radical (unpaired) electrons. The van der Waals surface area contributed by atoms with Crippen LogP contribution in [-0.4, -0.2) is 43.1 Å². The van der Waals surface area contributed by atoms with Crippen molar-refractivity contribution in [1.29, 1.82) is 0 Å². The molecule has 1 aromatic heterocycles. The summed E-state index contributed by atoms with van der Waals surface area (Å²) in [6, 6.07) is 16.5. The van der Waals surface area contributed by atoms with E-state index in [1.54, 1.807) is 0 Å². The number of nitrogens with zero attached hydrogens (tertiary/aromatic N) is 3. The lowest BCUT2D eigenvalue weighted by Gasteiger charge is -2.34. The predicted molar refractivity (Wildman–Crippen MR) is 111 cm³/mol. The quantitative estimate of drug-likeness (QED) is 0.728. The van der Waals surface area contributed by atoms with Crippen LogP contribution >= 0.6 is 11.6 Å². The van der Waals surface area contributed by atoms with Crippen LogP contribution in [-0.2, 0) is 0 Å². The Balaban J connectivity index is 1.58. The van der Waals surface area contributed by atoms with E-state index >= 15 is 0 Å². The minimum atomic E-state index is 0.719. The highest BCUT2D eigenvalue weighted by molar-refractivity contribution is 6.31. The molecule has 0 saturated carbocycles. The molecule has 1 aliphatic rings. The number of piperazine rings is 1. The Morgan fingerprint density at radius 1 is 0.962 bits per heavy atom. The second kappa shape index (κ2) is 7.14. The van der Waals surface area contributed by atoms with Gasteiger partial charge in [0.25, 0.3) is 0 Å². The van der Waals surface area contributed by atoms with Gasteiger partial charge in [-0.15, -0.1) is 0 Å². The highest BCUT2D eigenvalue weighted by atomic mass is 35.5. The number of pyridine rings is 1. The van der Waals surface area contributed by atoms with E-state index in [0.29, 0.717) is 0 Å². The first-order valence-corrected chi connectivity index (χ1v) is 9.34. The van der Waals surface area contributed by atoms with Crippen LogP contribution in [0, 0.1) is 6.92 Å². The van der Waals surface area contributed by atoms with E-state index in [1.807, 2.05) is 25.1 Å². The van der Waals surface area contributed by atoms with E-state index in [4.69, 9.17) is 11.6 Å². The zero-order chi connectivity index (χ0) is 18.1. The highest BCUT2D eigenvalue weighted by Gasteiger charge is 2.14. The third-order valence-corrected chi connectivity index (χ3v) is 5.15. The van der Waals surface area contributed by atoms with Crippen LogP contribution in [0.25, 0.3) is 10.9 Å². The Hall–Kier alpha value is -2.30. The lowest BCUT2D eigenvalue weighted by atomic mass is 10.1. The Labute approximate surface area is 159 Å². The van der Waals surface area contributed by atoms with Crippen molar-refractivity contribution >= 4 is 39.6 Å². The fourth-order valence-electron chi connectivity index (χ4n) is 3.41. The lowest BCUT2D eigenvalue weighted by molar-refractivity contribution is 0.313. The molecule has 3 aromatic rings. The largest absolute Gasteiger partial charge is 0.369 e. The molecule has 1 saturated heterocycles. The van der Waals surface area contributed by atoms with Crippen molar-refractivity contribution in [3.05, 3.63) is 59.2 Å². The van der Waals surface area contributed by atoms with Crippen molar-refractivity contribution in [2.45, 2.75) is 6.92 Å². The number of fused-ring (bicyclic) bond motifs is 1. The van der Waals surface area contributed by atoms with Crippen molar-refractivity contribution in [2.75, 3.05) is 43.4 Å². The molecule has 0 spiro atoms. The topological polar surface area (TPSA) is 31.4 Å². The second-order valence-corrected chi connectivity index (χ2v) is 7.37. The molecule has 0 bridgehead atoms. The monoisotopic (exact) mass is 366 g/mol. The summed E-state index contributed by atoms with van der Waals surface area (Å²) < 4.78 is 0. The van der Waals surface area contributed by atoms with Gasteiger partial charge in [0.15, 0.2) is 0 Å². The van der Waals surface area contributed by atoms with Gasteiger partial charge in [-0.2, -0.15) is 0 Å². The number of hydrogen-bond acceptors (Lipinski definition) is 4. The maximum Gasteiger partial charge on any atom is 0.0727 e. The molecule has 5 heteroatoms. The third-order valence-electron chi connectivity index (χ3n) is 4.91. The van der Waals surface area contributed by atoms with Gasteiger partial charge in [0.05, 0.1) is 5.52 Å². The van der Waals surface area contributed by atoms with Gasteiger partial charge in [-0.05, 0) is 62.5 Å². The number of anilines is 3. The number of rotatable bonds is 3. The number of aromatic nitrogens is 1. The molecule has 1 N–H and O–H groups in total. The lowest BCUT2D eigenvalue weighted by Crippen LogP contribution is -2.44. The van der Waals surface area contributed by atoms with E-state index in [1.165, 1.54) is 5.69 Å². The van der Waals surface area contributed by atoms with Crippen LogP contribution in [0.15, 0.2) is 48.5 Å². The summed E-state index contributed by atoms with van der Waals surface area (Å²) in [5, 5.41) is 5.28. The summed E-state index contributed by atoms with van der Waals surface area (Å²) in [6.45, 7) is 6.40. The Bertz CT molecular complexity index is 915. The molecule has 4 nitrogen and oxygen atoms in total. The summed E-state index contributed by atoms with van der Waals surface area (Å²) in [5.41, 5.74) is 5.31. The van der Waals surface area contributed by atoms with Crippen LogP contribution in [0.3, 0.4) is 0 Å². The number of benzene rings is 2. The van der Waals surface area contributed by atoms with Gasteiger partial charge < -0.3 is 15.1 Å². The molecule has 134 valence electrons. The van der Waals surface area contributed by atoms with Gasteiger partial charge in [-0.3, -0.25) is 4.98 Å². The molecule has 2 heterocycles. The van der Waals surface area contributed by atoms with Gasteiger partial charge in [0, 0.05) is 59.3 Å². The fourth-order valence-corrected chi connectivity index (χ4v) is 3.58. The maximum atomic E-state index is 6.19. The van der Waals surface area contributed by atoms with Gasteiger partial charge in [-0.1, -0.05) is 11.6 Å². The number of aryl methyl sites for hydroxylation is 1. The first kappa shape index (κ1) is 17.1. The second-order valence-electron chi connectivity index (χ2n) is 6.93. The molecular formula is C21H23ClN4. The van der Waals surface area contributed by atoms with Crippen molar-refractivity contribution < 1.29 is 0 Å². The van der Waals surface area contributed by atoms with Crippen LogP contribution in [0.2, 0.25) is 5.02 Å². The first-order valence-electron chi connectivity index (χ1n) is 8.96. The minimum absolute atomic E-state index is 0.719. The van der Waals surface area contributed by atoms with Crippen LogP contribution in [0.4, 0.5) is 17.1 Å². The van der Waals surface area contributed by atoms with Gasteiger partial charge in [-0.25, -0.2) is 0 Å². The van der Waals surface area contributed by atoms with E-state index in [-0.39, 0.29) is 0 Å². The third kappa shape index (κ3) is 3.62. The van der Waals surface area contributed by atoms with Crippen molar-refractivity contribution in [2.24, 2.45) is 0 Å². The normalized spacial score (nSPS) is 15.4. The van der Waals surface area contributed by atoms with Crippen LogP contribution < -0.4 is 10.2 Å². The molecule has 0 atom stereocenters. The van der Waals surface area contributed by atoms with E-state index < -0.39 is 0 Å². The average molecular weight is 367 g/mol. The zero-order valence-corrected chi connectivity index (χ0v) is 15.9. The Kier molecular flexibility index (Phi) is 4.70. The molecule has 2 aromatic carbocycles. The smallest absolute Gasteiger partial charge is 0.0727 e. The summed E-state index contributed by atoms with van der Waals surface area (Å²) >= 11 is 6.19. The van der Waals surface area contributed by atoms with Crippen molar-refractivity contribution in [1.82, 2.24) is 9.88 Å². The molecule has 26 heavy (non-hydrogen) atoms. The number of hydrogen-bond donors (Lipinski definition) is 1. The molecule has 0 unspecified atom stereocenters. The van der Waals surface area contributed by atoms with E-state index in [2.05, 4.69) is 57.5 Å². The van der Waals surface area contributed by atoms with E-state index in [9.17, 15) is 0 Å². The first-order chi connectivity index (χ1) is 12.6. The number of likely N-dealkylation sites (N-methyl/N-ethyl adjacent to an activating group) is 1. The zero-order valence-electron chi connectivity index (χ0n) is 15.2. The Morgan fingerprint density at radius 2 is 1.69 bits per heavy atom. The minimum Gasteiger partial charge on any atom is -0.369 e.